The number of hydrogen-bond acceptors (Lipinski definition) is 5. The van der Waals surface area contributed by atoms with Gasteiger partial charge in [-0.15, -0.1) is 12.4 Å². The van der Waals surface area contributed by atoms with Gasteiger partial charge in [-0.05, 0) is 38.1 Å². The van der Waals surface area contributed by atoms with E-state index in [0.717, 1.165) is 18.5 Å². The Morgan fingerprint density at radius 2 is 1.87 bits per heavy atom. The van der Waals surface area contributed by atoms with Gasteiger partial charge >= 0.3 is 5.97 Å². The van der Waals surface area contributed by atoms with Gasteiger partial charge in [-0.1, -0.05) is 0 Å². The van der Waals surface area contributed by atoms with Gasteiger partial charge in [-0.2, -0.15) is 0 Å². The zero-order chi connectivity index (χ0) is 21.6. The van der Waals surface area contributed by atoms with E-state index in [1.807, 2.05) is 18.7 Å². The van der Waals surface area contributed by atoms with Crippen LogP contribution in [0.25, 0.3) is 16.7 Å². The maximum absolute atomic E-state index is 15.0. The minimum absolute atomic E-state index is 0. The minimum Gasteiger partial charge on any atom is -0.477 e. The molecular weight excluding hydrogens is 430 g/mol. The number of pyridine rings is 2. The molecule has 1 aromatic carbocycles. The molecule has 7 nitrogen and oxygen atoms in total. The number of aromatic nitrogens is 2. The SMILES string of the molecule is CC1CN(c2cc3c(cc2F)c(=O)c(C(=O)O)cn3-c2ccc(F)cn2)CC(C)N1.Cl. The maximum Gasteiger partial charge on any atom is 0.341 e. The fourth-order valence-electron chi connectivity index (χ4n) is 3.95. The van der Waals surface area contributed by atoms with Crippen LogP contribution in [-0.4, -0.2) is 45.8 Å². The second kappa shape index (κ2) is 8.60. The second-order valence-electron chi connectivity index (χ2n) is 7.58. The molecule has 2 unspecified atom stereocenters. The molecule has 2 aromatic heterocycles. The number of anilines is 1. The number of nitrogens with one attached hydrogen (secondary N) is 1. The Morgan fingerprint density at radius 1 is 1.19 bits per heavy atom. The molecule has 1 saturated heterocycles. The van der Waals surface area contributed by atoms with Crippen molar-refractivity contribution >= 4 is 35.0 Å². The lowest BCUT2D eigenvalue weighted by molar-refractivity contribution is 0.0695. The first-order chi connectivity index (χ1) is 14.2. The molecule has 0 amide bonds. The predicted octanol–water partition coefficient (Wildman–Crippen LogP) is 2.97. The van der Waals surface area contributed by atoms with Gasteiger partial charge < -0.3 is 19.9 Å². The van der Waals surface area contributed by atoms with E-state index in [4.69, 9.17) is 0 Å². The third-order valence-corrected chi connectivity index (χ3v) is 5.16. The highest BCUT2D eigenvalue weighted by Crippen LogP contribution is 2.28. The first-order valence-corrected chi connectivity index (χ1v) is 9.49. The van der Waals surface area contributed by atoms with Crippen LogP contribution in [0, 0.1) is 11.6 Å². The number of benzene rings is 1. The first-order valence-electron chi connectivity index (χ1n) is 9.49. The number of nitrogens with zero attached hydrogens (tertiary/aromatic N) is 3. The van der Waals surface area contributed by atoms with Crippen LogP contribution in [-0.2, 0) is 0 Å². The molecule has 0 spiro atoms. The molecule has 31 heavy (non-hydrogen) atoms. The number of rotatable bonds is 3. The van der Waals surface area contributed by atoms with Crippen molar-refractivity contribution < 1.29 is 18.7 Å². The van der Waals surface area contributed by atoms with E-state index in [1.165, 1.54) is 22.8 Å². The maximum atomic E-state index is 15.0. The van der Waals surface area contributed by atoms with Crippen molar-refractivity contribution in [2.75, 3.05) is 18.0 Å². The molecule has 0 radical (unpaired) electrons. The zero-order valence-corrected chi connectivity index (χ0v) is 17.6. The van der Waals surface area contributed by atoms with Gasteiger partial charge in [0.2, 0.25) is 5.43 Å². The van der Waals surface area contributed by atoms with Crippen LogP contribution in [0.1, 0.15) is 24.2 Å². The average molecular weight is 451 g/mol. The molecule has 1 aliphatic heterocycles. The zero-order valence-electron chi connectivity index (χ0n) is 16.8. The van der Waals surface area contributed by atoms with E-state index >= 15 is 4.39 Å². The summed E-state index contributed by atoms with van der Waals surface area (Å²) >= 11 is 0. The van der Waals surface area contributed by atoms with Crippen LogP contribution < -0.4 is 15.6 Å². The van der Waals surface area contributed by atoms with Gasteiger partial charge in [0.15, 0.2) is 0 Å². The number of piperazine rings is 1. The Labute approximate surface area is 182 Å². The Hall–Kier alpha value is -3.04. The molecule has 10 heteroatoms. The summed E-state index contributed by atoms with van der Waals surface area (Å²) in [6, 6.07) is 5.41. The largest absolute Gasteiger partial charge is 0.477 e. The van der Waals surface area contributed by atoms with Gasteiger partial charge in [-0.3, -0.25) is 4.79 Å². The second-order valence-corrected chi connectivity index (χ2v) is 7.58. The summed E-state index contributed by atoms with van der Waals surface area (Å²) in [6.07, 6.45) is 2.13. The summed E-state index contributed by atoms with van der Waals surface area (Å²) in [5.41, 5.74) is -0.714. The predicted molar refractivity (Wildman–Crippen MR) is 116 cm³/mol. The van der Waals surface area contributed by atoms with Crippen LogP contribution in [0.15, 0.2) is 41.5 Å². The Morgan fingerprint density at radius 3 is 2.45 bits per heavy atom. The fraction of sp³-hybridized carbons (Fsp3) is 0.286. The molecule has 4 rings (SSSR count). The highest BCUT2D eigenvalue weighted by Gasteiger charge is 2.25. The van der Waals surface area contributed by atoms with Crippen LogP contribution in [0.4, 0.5) is 14.5 Å². The molecule has 1 fully saturated rings. The fourth-order valence-corrected chi connectivity index (χ4v) is 3.95. The van der Waals surface area contributed by atoms with Crippen molar-refractivity contribution in [1.82, 2.24) is 14.9 Å². The van der Waals surface area contributed by atoms with Crippen molar-refractivity contribution in [3.63, 3.8) is 0 Å². The summed E-state index contributed by atoms with van der Waals surface area (Å²) in [4.78, 5) is 30.1. The quantitative estimate of drug-likeness (QED) is 0.638. The molecule has 1 aliphatic rings. The first kappa shape index (κ1) is 22.6. The van der Waals surface area contributed by atoms with E-state index in [-0.39, 0.29) is 35.7 Å². The molecule has 0 bridgehead atoms. The normalized spacial score (nSPS) is 18.6. The van der Waals surface area contributed by atoms with Crippen LogP contribution in [0.5, 0.6) is 0 Å². The summed E-state index contributed by atoms with van der Waals surface area (Å²) in [6.45, 7) is 5.14. The van der Waals surface area contributed by atoms with Crippen molar-refractivity contribution in [1.29, 1.82) is 0 Å². The van der Waals surface area contributed by atoms with Gasteiger partial charge in [0, 0.05) is 31.4 Å². The molecule has 2 atom stereocenters. The summed E-state index contributed by atoms with van der Waals surface area (Å²) in [5, 5.41) is 12.7. The standard InChI is InChI=1S/C21H20F2N4O3.ClH/c1-11-8-26(9-12(2)25-11)18-6-17-14(5-16(18)23)20(28)15(21(29)30)10-27(17)19-4-3-13(22)7-24-19;/h3-7,10-12,25H,8-9H2,1-2H3,(H,29,30);1H. The van der Waals surface area contributed by atoms with Crippen molar-refractivity contribution in [2.24, 2.45) is 0 Å². The number of carboxylic acids is 1. The third-order valence-electron chi connectivity index (χ3n) is 5.16. The van der Waals surface area contributed by atoms with Gasteiger partial charge in [0.1, 0.15) is 23.0 Å². The van der Waals surface area contributed by atoms with Crippen LogP contribution >= 0.6 is 12.4 Å². The molecule has 3 aromatic rings. The Bertz CT molecular complexity index is 1190. The third kappa shape index (κ3) is 4.24. The lowest BCUT2D eigenvalue weighted by Gasteiger charge is -2.38. The summed E-state index contributed by atoms with van der Waals surface area (Å²) < 4.78 is 29.8. The highest BCUT2D eigenvalue weighted by molar-refractivity contribution is 5.94. The number of fused-ring (bicyclic) bond motifs is 1. The van der Waals surface area contributed by atoms with E-state index in [9.17, 15) is 19.1 Å². The van der Waals surface area contributed by atoms with Crippen molar-refractivity contribution in [3.8, 4) is 5.82 Å². The minimum atomic E-state index is -1.44. The summed E-state index contributed by atoms with van der Waals surface area (Å²) in [7, 11) is 0. The molecule has 0 saturated carbocycles. The smallest absolute Gasteiger partial charge is 0.341 e. The van der Waals surface area contributed by atoms with E-state index in [2.05, 4.69) is 10.3 Å². The lowest BCUT2D eigenvalue weighted by Crippen LogP contribution is -2.54. The van der Waals surface area contributed by atoms with Crippen LogP contribution in [0.2, 0.25) is 0 Å². The molecule has 3 heterocycles. The Balaban J connectivity index is 0.00000272. The van der Waals surface area contributed by atoms with Crippen molar-refractivity contribution in [2.45, 2.75) is 25.9 Å². The summed E-state index contributed by atoms with van der Waals surface area (Å²) in [5.74, 6) is -2.39. The number of halogens is 3. The van der Waals surface area contributed by atoms with E-state index < -0.39 is 28.6 Å². The molecule has 0 aliphatic carbocycles. The number of hydrogen-bond donors (Lipinski definition) is 2. The monoisotopic (exact) mass is 450 g/mol. The van der Waals surface area contributed by atoms with Crippen LogP contribution in [0.3, 0.4) is 0 Å². The number of carboxylic acid groups (broad SMARTS) is 1. The van der Waals surface area contributed by atoms with E-state index in [1.54, 1.807) is 0 Å². The molecule has 164 valence electrons. The number of carbonyl (C=O) groups is 1. The van der Waals surface area contributed by atoms with Gasteiger partial charge in [0.05, 0.1) is 22.8 Å². The van der Waals surface area contributed by atoms with Gasteiger partial charge in [-0.25, -0.2) is 18.6 Å². The van der Waals surface area contributed by atoms with Gasteiger partial charge in [0.25, 0.3) is 0 Å². The molecule has 2 N–H and O–H groups in total. The average Bonchev–Trinajstić information content (AvgIpc) is 2.68. The van der Waals surface area contributed by atoms with Crippen molar-refractivity contribution in [3.05, 3.63) is 64.1 Å². The van der Waals surface area contributed by atoms with E-state index in [0.29, 0.717) is 24.3 Å². The Kier molecular flexibility index (Phi) is 6.28. The topological polar surface area (TPSA) is 87.5 Å². The number of aromatic carboxylic acids is 1. The molecular formula is C21H21ClF2N4O3. The lowest BCUT2D eigenvalue weighted by atomic mass is 10.1. The highest BCUT2D eigenvalue weighted by atomic mass is 35.5.